The summed E-state index contributed by atoms with van der Waals surface area (Å²) < 4.78 is 5.27. The van der Waals surface area contributed by atoms with Gasteiger partial charge in [-0.05, 0) is 30.3 Å². The Morgan fingerprint density at radius 1 is 1.16 bits per heavy atom. The zero-order chi connectivity index (χ0) is 17.2. The highest BCUT2D eigenvalue weighted by molar-refractivity contribution is 6.03. The maximum Gasteiger partial charge on any atom is 0.255 e. The Labute approximate surface area is 145 Å². The second-order valence-electron chi connectivity index (χ2n) is 5.97. The fourth-order valence-corrected chi connectivity index (χ4v) is 3.05. The van der Waals surface area contributed by atoms with E-state index < -0.39 is 0 Å². The first kappa shape index (κ1) is 15.6. The lowest BCUT2D eigenvalue weighted by Crippen LogP contribution is -2.40. The smallest absolute Gasteiger partial charge is 0.255 e. The van der Waals surface area contributed by atoms with Crippen molar-refractivity contribution in [3.63, 3.8) is 0 Å². The standard InChI is InChI=1S/C18H18N4O3/c23-17-16-14(5-6-19-15(16)11-20-17)21-13-3-1-12(2-4-13)18(24)22-7-9-25-10-8-22/h1-6H,7-11H2,(H,19,21)(H,20,23). The van der Waals surface area contributed by atoms with Crippen molar-refractivity contribution in [3.8, 4) is 0 Å². The fraction of sp³-hybridized carbons (Fsp3) is 0.278. The van der Waals surface area contributed by atoms with Gasteiger partial charge in [0, 0.05) is 30.5 Å². The molecule has 0 bridgehead atoms. The molecule has 4 rings (SSSR count). The van der Waals surface area contributed by atoms with Crippen molar-refractivity contribution in [1.29, 1.82) is 0 Å². The van der Waals surface area contributed by atoms with E-state index in [1.165, 1.54) is 0 Å². The predicted molar refractivity (Wildman–Crippen MR) is 91.9 cm³/mol. The molecule has 3 heterocycles. The monoisotopic (exact) mass is 338 g/mol. The van der Waals surface area contributed by atoms with E-state index in [1.54, 1.807) is 29.3 Å². The highest BCUT2D eigenvalue weighted by Crippen LogP contribution is 2.26. The Kier molecular flexibility index (Phi) is 4.07. The molecule has 2 aromatic rings. The molecule has 1 aromatic carbocycles. The lowest BCUT2D eigenvalue weighted by molar-refractivity contribution is 0.0303. The molecule has 2 amide bonds. The fourth-order valence-electron chi connectivity index (χ4n) is 3.05. The Balaban J connectivity index is 1.51. The van der Waals surface area contributed by atoms with Crippen molar-refractivity contribution in [2.75, 3.05) is 31.6 Å². The lowest BCUT2D eigenvalue weighted by Gasteiger charge is -2.26. The number of nitrogens with one attached hydrogen (secondary N) is 2. The highest BCUT2D eigenvalue weighted by Gasteiger charge is 2.23. The minimum Gasteiger partial charge on any atom is -0.378 e. The molecule has 7 nitrogen and oxygen atoms in total. The third kappa shape index (κ3) is 3.06. The Bertz CT molecular complexity index is 814. The molecule has 25 heavy (non-hydrogen) atoms. The number of rotatable bonds is 3. The molecular formula is C18H18N4O3. The summed E-state index contributed by atoms with van der Waals surface area (Å²) in [5.41, 5.74) is 3.49. The van der Waals surface area contributed by atoms with Crippen LogP contribution in [-0.2, 0) is 11.3 Å². The number of hydrogen-bond acceptors (Lipinski definition) is 5. The molecule has 2 aliphatic heterocycles. The quantitative estimate of drug-likeness (QED) is 0.887. The van der Waals surface area contributed by atoms with Crippen LogP contribution in [0.4, 0.5) is 11.4 Å². The van der Waals surface area contributed by atoms with Crippen molar-refractivity contribution in [1.82, 2.24) is 15.2 Å². The molecule has 128 valence electrons. The van der Waals surface area contributed by atoms with Gasteiger partial charge in [0.15, 0.2) is 0 Å². The normalized spacial score (nSPS) is 16.3. The number of aromatic nitrogens is 1. The van der Waals surface area contributed by atoms with Gasteiger partial charge in [0.05, 0.1) is 36.7 Å². The van der Waals surface area contributed by atoms with Gasteiger partial charge in [0.1, 0.15) is 0 Å². The van der Waals surface area contributed by atoms with Gasteiger partial charge in [0.25, 0.3) is 11.8 Å². The number of carbonyl (C=O) groups excluding carboxylic acids is 2. The van der Waals surface area contributed by atoms with Crippen LogP contribution in [0.5, 0.6) is 0 Å². The van der Waals surface area contributed by atoms with Gasteiger partial charge in [0.2, 0.25) is 0 Å². The number of fused-ring (bicyclic) bond motifs is 1. The van der Waals surface area contributed by atoms with Crippen LogP contribution < -0.4 is 10.6 Å². The number of hydrogen-bond donors (Lipinski definition) is 2. The van der Waals surface area contributed by atoms with Crippen LogP contribution in [-0.4, -0.2) is 48.0 Å². The summed E-state index contributed by atoms with van der Waals surface area (Å²) in [5.74, 6) is -0.108. The predicted octanol–water partition coefficient (Wildman–Crippen LogP) is 1.54. The SMILES string of the molecule is O=C1NCc2nccc(Nc3ccc(C(=O)N4CCOCC4)cc3)c21. The van der Waals surface area contributed by atoms with Crippen molar-refractivity contribution in [2.45, 2.75) is 6.54 Å². The number of anilines is 2. The van der Waals surface area contributed by atoms with Crippen molar-refractivity contribution in [2.24, 2.45) is 0 Å². The van der Waals surface area contributed by atoms with Gasteiger partial charge in [-0.25, -0.2) is 0 Å². The molecule has 1 saturated heterocycles. The van der Waals surface area contributed by atoms with Gasteiger partial charge < -0.3 is 20.3 Å². The molecule has 0 spiro atoms. The summed E-state index contributed by atoms with van der Waals surface area (Å²) in [4.78, 5) is 30.4. The number of benzene rings is 1. The van der Waals surface area contributed by atoms with Gasteiger partial charge >= 0.3 is 0 Å². The van der Waals surface area contributed by atoms with Crippen molar-refractivity contribution >= 4 is 23.2 Å². The maximum absolute atomic E-state index is 12.5. The molecule has 2 aliphatic rings. The van der Waals surface area contributed by atoms with Crippen LogP contribution in [0, 0.1) is 0 Å². The van der Waals surface area contributed by atoms with E-state index in [0.717, 1.165) is 11.4 Å². The van der Waals surface area contributed by atoms with E-state index >= 15 is 0 Å². The van der Waals surface area contributed by atoms with Crippen molar-refractivity contribution < 1.29 is 14.3 Å². The average molecular weight is 338 g/mol. The van der Waals surface area contributed by atoms with Crippen LogP contribution in [0.3, 0.4) is 0 Å². The number of morpholine rings is 1. The van der Waals surface area contributed by atoms with E-state index in [-0.39, 0.29) is 11.8 Å². The molecule has 0 aliphatic carbocycles. The van der Waals surface area contributed by atoms with Crippen LogP contribution in [0.25, 0.3) is 0 Å². The minimum absolute atomic E-state index is 0.0130. The number of amides is 2. The second-order valence-corrected chi connectivity index (χ2v) is 5.97. The summed E-state index contributed by atoms with van der Waals surface area (Å²) in [6.45, 7) is 2.87. The van der Waals surface area contributed by atoms with Crippen LogP contribution in [0.2, 0.25) is 0 Å². The number of pyridine rings is 1. The Hall–Kier alpha value is -2.93. The second kappa shape index (κ2) is 6.52. The molecular weight excluding hydrogens is 320 g/mol. The lowest BCUT2D eigenvalue weighted by atomic mass is 10.1. The van der Waals surface area contributed by atoms with Crippen LogP contribution in [0.1, 0.15) is 26.4 Å². The summed E-state index contributed by atoms with van der Waals surface area (Å²) in [6.07, 6.45) is 1.68. The Morgan fingerprint density at radius 3 is 2.68 bits per heavy atom. The van der Waals surface area contributed by atoms with E-state index in [1.807, 2.05) is 12.1 Å². The summed E-state index contributed by atoms with van der Waals surface area (Å²) >= 11 is 0. The topological polar surface area (TPSA) is 83.6 Å². The highest BCUT2D eigenvalue weighted by atomic mass is 16.5. The minimum atomic E-state index is -0.121. The first-order chi connectivity index (χ1) is 12.2. The van der Waals surface area contributed by atoms with Gasteiger partial charge in [-0.15, -0.1) is 0 Å². The zero-order valence-electron chi connectivity index (χ0n) is 13.6. The number of nitrogens with zero attached hydrogens (tertiary/aromatic N) is 2. The van der Waals surface area contributed by atoms with E-state index in [4.69, 9.17) is 4.74 Å². The van der Waals surface area contributed by atoms with Crippen LogP contribution >= 0.6 is 0 Å². The van der Waals surface area contributed by atoms with Gasteiger partial charge in [-0.1, -0.05) is 0 Å². The average Bonchev–Trinajstić information content (AvgIpc) is 3.05. The summed E-state index contributed by atoms with van der Waals surface area (Å²) in [5, 5.41) is 6.00. The zero-order valence-corrected chi connectivity index (χ0v) is 13.6. The summed E-state index contributed by atoms with van der Waals surface area (Å²) in [7, 11) is 0. The molecule has 0 saturated carbocycles. The number of carbonyl (C=O) groups is 2. The van der Waals surface area contributed by atoms with Gasteiger partial charge in [-0.3, -0.25) is 14.6 Å². The molecule has 7 heteroatoms. The van der Waals surface area contributed by atoms with E-state index in [2.05, 4.69) is 15.6 Å². The molecule has 1 fully saturated rings. The Morgan fingerprint density at radius 2 is 1.92 bits per heavy atom. The van der Waals surface area contributed by atoms with E-state index in [9.17, 15) is 9.59 Å². The third-order valence-corrected chi connectivity index (χ3v) is 4.38. The molecule has 0 atom stereocenters. The van der Waals surface area contributed by atoms with E-state index in [0.29, 0.717) is 49.7 Å². The van der Waals surface area contributed by atoms with Gasteiger partial charge in [-0.2, -0.15) is 0 Å². The van der Waals surface area contributed by atoms with Crippen molar-refractivity contribution in [3.05, 3.63) is 53.3 Å². The first-order valence-electron chi connectivity index (χ1n) is 8.22. The maximum atomic E-state index is 12.5. The molecule has 0 unspecified atom stereocenters. The largest absolute Gasteiger partial charge is 0.378 e. The first-order valence-corrected chi connectivity index (χ1v) is 8.22. The van der Waals surface area contributed by atoms with Crippen LogP contribution in [0.15, 0.2) is 36.5 Å². The summed E-state index contributed by atoms with van der Waals surface area (Å²) in [6, 6.07) is 9.04. The third-order valence-electron chi connectivity index (χ3n) is 4.38. The number of ether oxygens (including phenoxy) is 1. The molecule has 2 N–H and O–H groups in total. The molecule has 0 radical (unpaired) electrons. The molecule has 1 aromatic heterocycles.